The molecule has 0 spiro atoms. The summed E-state index contributed by atoms with van der Waals surface area (Å²) in [4.78, 5) is 36.1. The van der Waals surface area contributed by atoms with E-state index in [0.717, 1.165) is 11.1 Å². The van der Waals surface area contributed by atoms with Crippen LogP contribution in [-0.2, 0) is 25.6 Å². The average molecular weight is 452 g/mol. The van der Waals surface area contributed by atoms with Crippen molar-refractivity contribution in [3.8, 4) is 11.3 Å². The Hall–Kier alpha value is -3.65. The van der Waals surface area contributed by atoms with Gasteiger partial charge in [-0.3, -0.25) is 19.7 Å². The number of carbonyl (C=O) groups excluding carboxylic acids is 3. The maximum absolute atomic E-state index is 12.3. The molecule has 0 saturated carbocycles. The molecule has 2 aromatic carbocycles. The number of ether oxygens (including phenoxy) is 2. The van der Waals surface area contributed by atoms with Crippen molar-refractivity contribution < 1.29 is 23.9 Å². The molecule has 3 rings (SSSR count). The Morgan fingerprint density at radius 1 is 1.03 bits per heavy atom. The molecule has 0 atom stereocenters. The van der Waals surface area contributed by atoms with Crippen LogP contribution < -0.4 is 10.7 Å². The number of esters is 2. The first-order valence-corrected chi connectivity index (χ1v) is 10.6. The van der Waals surface area contributed by atoms with Crippen LogP contribution in [0.2, 0.25) is 0 Å². The highest BCUT2D eigenvalue weighted by atomic mass is 16.6. The number of methoxy groups -OCH3 is 1. The van der Waals surface area contributed by atoms with Gasteiger partial charge in [0.05, 0.1) is 30.4 Å². The summed E-state index contributed by atoms with van der Waals surface area (Å²) in [5.74, 6) is -1.01. The summed E-state index contributed by atoms with van der Waals surface area (Å²) in [6.45, 7) is 7.46. The van der Waals surface area contributed by atoms with Gasteiger partial charge in [0.2, 0.25) is 5.91 Å². The summed E-state index contributed by atoms with van der Waals surface area (Å²) in [5.41, 5.74) is 5.89. The normalized spacial score (nSPS) is 11.3. The number of benzene rings is 2. The number of fused-ring (bicyclic) bond motifs is 1. The second-order valence-corrected chi connectivity index (χ2v) is 8.65. The van der Waals surface area contributed by atoms with E-state index in [1.807, 2.05) is 57.2 Å². The molecule has 0 aliphatic carbocycles. The van der Waals surface area contributed by atoms with Crippen molar-refractivity contribution in [1.82, 2.24) is 9.99 Å². The van der Waals surface area contributed by atoms with E-state index in [9.17, 15) is 14.4 Å². The van der Waals surface area contributed by atoms with Crippen molar-refractivity contribution in [3.05, 3.63) is 59.7 Å². The minimum Gasteiger partial charge on any atom is -0.465 e. The second kappa shape index (κ2) is 9.87. The Bertz CT molecular complexity index is 1190. The molecule has 0 radical (unpaired) electrons. The van der Waals surface area contributed by atoms with Crippen molar-refractivity contribution in [2.45, 2.75) is 39.8 Å². The van der Waals surface area contributed by atoms with Crippen LogP contribution in [0.15, 0.2) is 48.5 Å². The number of nitrogens with zero attached hydrogens (tertiary/aromatic N) is 1. The van der Waals surface area contributed by atoms with Gasteiger partial charge in [-0.25, -0.2) is 4.79 Å². The maximum atomic E-state index is 12.3. The van der Waals surface area contributed by atoms with Gasteiger partial charge in [0.1, 0.15) is 5.60 Å². The number of amides is 1. The fraction of sp³-hybridized carbons (Fsp3) is 0.320. The molecule has 1 aromatic heterocycles. The van der Waals surface area contributed by atoms with Gasteiger partial charge in [0.25, 0.3) is 0 Å². The summed E-state index contributed by atoms with van der Waals surface area (Å²) in [6.07, 6.45) is 0. The van der Waals surface area contributed by atoms with Crippen molar-refractivity contribution >= 4 is 28.7 Å². The van der Waals surface area contributed by atoms with Gasteiger partial charge in [-0.05, 0) is 50.6 Å². The molecular formula is C25H29N3O5. The largest absolute Gasteiger partial charge is 0.465 e. The maximum Gasteiger partial charge on any atom is 0.338 e. The van der Waals surface area contributed by atoms with Crippen LogP contribution >= 0.6 is 0 Å². The van der Waals surface area contributed by atoms with E-state index in [-0.39, 0.29) is 18.4 Å². The van der Waals surface area contributed by atoms with E-state index >= 15 is 0 Å². The molecular weight excluding hydrogens is 422 g/mol. The predicted octanol–water partition coefficient (Wildman–Crippen LogP) is 3.62. The molecule has 174 valence electrons. The number of hydrogen-bond acceptors (Lipinski definition) is 6. The van der Waals surface area contributed by atoms with Crippen molar-refractivity contribution in [2.75, 3.05) is 19.1 Å². The van der Waals surface area contributed by atoms with Gasteiger partial charge in [0.15, 0.2) is 0 Å². The third-order valence-corrected chi connectivity index (χ3v) is 4.76. The zero-order valence-corrected chi connectivity index (χ0v) is 19.5. The highest BCUT2D eigenvalue weighted by molar-refractivity contribution is 6.06. The SMILES string of the molecule is COC(=O)c1cccc2c1cc(-c1cccc(CNCC(=O)OC(C)(C)C)c1)n2NC(C)=O. The van der Waals surface area contributed by atoms with Gasteiger partial charge in [-0.15, -0.1) is 0 Å². The lowest BCUT2D eigenvalue weighted by molar-refractivity contribution is -0.153. The van der Waals surface area contributed by atoms with Gasteiger partial charge in [0, 0.05) is 24.4 Å². The first kappa shape index (κ1) is 24.0. The molecule has 0 unspecified atom stereocenters. The van der Waals surface area contributed by atoms with E-state index < -0.39 is 11.6 Å². The average Bonchev–Trinajstić information content (AvgIpc) is 3.10. The molecule has 8 nitrogen and oxygen atoms in total. The minimum atomic E-state index is -0.529. The van der Waals surface area contributed by atoms with Crippen LogP contribution in [0.25, 0.3) is 22.2 Å². The molecule has 3 aromatic rings. The van der Waals surface area contributed by atoms with E-state index in [4.69, 9.17) is 9.47 Å². The predicted molar refractivity (Wildman–Crippen MR) is 126 cm³/mol. The number of rotatable bonds is 7. The van der Waals surface area contributed by atoms with Crippen molar-refractivity contribution in [3.63, 3.8) is 0 Å². The van der Waals surface area contributed by atoms with Crippen LogP contribution in [-0.4, -0.2) is 41.8 Å². The number of nitrogens with one attached hydrogen (secondary N) is 2. The quantitative estimate of drug-likeness (QED) is 0.533. The fourth-order valence-corrected chi connectivity index (χ4v) is 3.54. The molecule has 1 amide bonds. The van der Waals surface area contributed by atoms with E-state index in [1.54, 1.807) is 16.8 Å². The fourth-order valence-electron chi connectivity index (χ4n) is 3.54. The lowest BCUT2D eigenvalue weighted by Gasteiger charge is -2.19. The first-order chi connectivity index (χ1) is 15.6. The van der Waals surface area contributed by atoms with Crippen molar-refractivity contribution in [1.29, 1.82) is 0 Å². The summed E-state index contributed by atoms with van der Waals surface area (Å²) in [7, 11) is 1.33. The third kappa shape index (κ3) is 5.98. The highest BCUT2D eigenvalue weighted by Crippen LogP contribution is 2.30. The molecule has 1 heterocycles. The van der Waals surface area contributed by atoms with E-state index in [1.165, 1.54) is 14.0 Å². The summed E-state index contributed by atoms with van der Waals surface area (Å²) >= 11 is 0. The Labute approximate surface area is 192 Å². The Morgan fingerprint density at radius 3 is 2.42 bits per heavy atom. The van der Waals surface area contributed by atoms with Crippen LogP contribution in [0, 0.1) is 0 Å². The number of aromatic nitrogens is 1. The zero-order chi connectivity index (χ0) is 24.2. The van der Waals surface area contributed by atoms with Crippen LogP contribution in [0.3, 0.4) is 0 Å². The number of hydrogen-bond donors (Lipinski definition) is 2. The lowest BCUT2D eigenvalue weighted by Crippen LogP contribution is -2.31. The second-order valence-electron chi connectivity index (χ2n) is 8.65. The lowest BCUT2D eigenvalue weighted by atomic mass is 10.1. The molecule has 8 heteroatoms. The Kier molecular flexibility index (Phi) is 7.18. The van der Waals surface area contributed by atoms with Crippen LogP contribution in [0.4, 0.5) is 0 Å². The standard InChI is InChI=1S/C25H29N3O5/c1-16(29)27-28-21-11-7-10-19(24(31)32-5)20(21)13-22(28)18-9-6-8-17(12-18)14-26-15-23(30)33-25(2,3)4/h6-13,26H,14-15H2,1-5H3,(H,27,29). The molecule has 2 N–H and O–H groups in total. The van der Waals surface area contributed by atoms with E-state index in [2.05, 4.69) is 10.7 Å². The molecule has 0 bridgehead atoms. The first-order valence-electron chi connectivity index (χ1n) is 10.6. The van der Waals surface area contributed by atoms with E-state index in [0.29, 0.717) is 28.7 Å². The molecule has 0 fully saturated rings. The topological polar surface area (TPSA) is 98.7 Å². The molecule has 0 saturated heterocycles. The summed E-state index contributed by atoms with van der Waals surface area (Å²) < 4.78 is 11.9. The summed E-state index contributed by atoms with van der Waals surface area (Å²) in [6, 6.07) is 14.8. The minimum absolute atomic E-state index is 0.0934. The van der Waals surface area contributed by atoms with Crippen molar-refractivity contribution in [2.24, 2.45) is 0 Å². The Morgan fingerprint density at radius 2 is 1.76 bits per heavy atom. The van der Waals surface area contributed by atoms with Crippen LogP contribution in [0.1, 0.15) is 43.6 Å². The Balaban J connectivity index is 1.92. The molecule has 0 aliphatic heterocycles. The zero-order valence-electron chi connectivity index (χ0n) is 19.5. The van der Waals surface area contributed by atoms with Crippen LogP contribution in [0.5, 0.6) is 0 Å². The van der Waals surface area contributed by atoms with Gasteiger partial charge < -0.3 is 14.8 Å². The monoisotopic (exact) mass is 451 g/mol. The molecule has 33 heavy (non-hydrogen) atoms. The van der Waals surface area contributed by atoms with Gasteiger partial charge in [-0.1, -0.05) is 24.3 Å². The third-order valence-electron chi connectivity index (χ3n) is 4.76. The van der Waals surface area contributed by atoms with Gasteiger partial charge in [-0.2, -0.15) is 0 Å². The number of carbonyl (C=O) groups is 3. The highest BCUT2D eigenvalue weighted by Gasteiger charge is 2.18. The molecule has 0 aliphatic rings. The smallest absolute Gasteiger partial charge is 0.338 e. The van der Waals surface area contributed by atoms with Gasteiger partial charge >= 0.3 is 11.9 Å². The summed E-state index contributed by atoms with van der Waals surface area (Å²) in [5, 5.41) is 3.76.